The molecule has 0 radical (unpaired) electrons. The predicted octanol–water partition coefficient (Wildman–Crippen LogP) is 10.8. The van der Waals surface area contributed by atoms with Crippen LogP contribution in [0.4, 0.5) is 0 Å². The highest BCUT2D eigenvalue weighted by molar-refractivity contribution is 6.22. The molecule has 0 fully saturated rings. The topological polar surface area (TPSA) is 12.4 Å². The van der Waals surface area contributed by atoms with Crippen molar-refractivity contribution in [2.45, 2.75) is 13.0 Å². The molecule has 0 N–H and O–H groups in total. The molecule has 1 nitrogen and oxygen atoms in total. The molecule has 0 amide bonds. The first-order chi connectivity index (χ1) is 22.2. The molecule has 1 heteroatoms. The van der Waals surface area contributed by atoms with E-state index in [9.17, 15) is 0 Å². The van der Waals surface area contributed by atoms with E-state index >= 15 is 0 Å². The van der Waals surface area contributed by atoms with Crippen LogP contribution in [0.5, 0.6) is 0 Å². The van der Waals surface area contributed by atoms with Crippen LogP contribution in [0.1, 0.15) is 12.5 Å². The molecular formula is C44H29N. The lowest BCUT2D eigenvalue weighted by Gasteiger charge is -2.40. The second-order valence-corrected chi connectivity index (χ2v) is 12.6. The third kappa shape index (κ3) is 3.47. The third-order valence-electron chi connectivity index (χ3n) is 10.2. The van der Waals surface area contributed by atoms with E-state index in [-0.39, 0.29) is 12.0 Å². The standard InChI is InChI=1S/C44H29N/c1-26-17-18-30-25-29-21-23-37-38(22-19-28-20-24-39(44(30)45-26)41(29)40(28)37)43-35-14-6-4-12-33(35)42(34-13-5-7-15-36(34)43)32-16-8-10-27-9-2-3-11-31(27)32/h2-25,40,44H,1H3. The maximum Gasteiger partial charge on any atom is 0.101 e. The number of allylic oxidation sites excluding steroid dienone is 12. The van der Waals surface area contributed by atoms with Crippen LogP contribution in [-0.4, -0.2) is 11.8 Å². The molecule has 1 aliphatic heterocycles. The van der Waals surface area contributed by atoms with Crippen LogP contribution in [0.3, 0.4) is 0 Å². The maximum atomic E-state index is 5.10. The number of rotatable bonds is 2. The van der Waals surface area contributed by atoms with Gasteiger partial charge in [0.25, 0.3) is 0 Å². The van der Waals surface area contributed by atoms with Crippen molar-refractivity contribution >= 4 is 43.6 Å². The molecule has 0 bridgehead atoms. The summed E-state index contributed by atoms with van der Waals surface area (Å²) >= 11 is 0. The normalized spacial score (nSPS) is 21.1. The Bertz CT molecular complexity index is 2420. The Hall–Kier alpha value is -5.53. The summed E-state index contributed by atoms with van der Waals surface area (Å²) in [6.45, 7) is 2.10. The Balaban J connectivity index is 1.26. The first-order valence-corrected chi connectivity index (χ1v) is 15.9. The van der Waals surface area contributed by atoms with E-state index in [1.54, 1.807) is 0 Å². The van der Waals surface area contributed by atoms with Crippen LogP contribution < -0.4 is 0 Å². The Labute approximate surface area is 262 Å². The van der Waals surface area contributed by atoms with Gasteiger partial charge in [0.05, 0.1) is 0 Å². The summed E-state index contributed by atoms with van der Waals surface area (Å²) in [5.41, 5.74) is 14.4. The van der Waals surface area contributed by atoms with Gasteiger partial charge in [-0.3, -0.25) is 4.99 Å². The molecular weight excluding hydrogens is 542 g/mol. The minimum absolute atomic E-state index is 0.0790. The largest absolute Gasteiger partial charge is 0.277 e. The summed E-state index contributed by atoms with van der Waals surface area (Å²) in [6, 6.07) is 33.6. The molecule has 4 aliphatic carbocycles. The molecule has 5 aromatic carbocycles. The molecule has 10 rings (SSSR count). The molecule has 0 aromatic heterocycles. The quantitative estimate of drug-likeness (QED) is 0.187. The van der Waals surface area contributed by atoms with Gasteiger partial charge in [-0.25, -0.2) is 0 Å². The van der Waals surface area contributed by atoms with E-state index in [2.05, 4.69) is 153 Å². The Morgan fingerprint density at radius 3 is 2.00 bits per heavy atom. The molecule has 2 atom stereocenters. The Morgan fingerprint density at radius 1 is 0.556 bits per heavy atom. The highest BCUT2D eigenvalue weighted by Crippen LogP contribution is 2.53. The summed E-state index contributed by atoms with van der Waals surface area (Å²) in [5, 5.41) is 7.72. The average Bonchev–Trinajstić information content (AvgIpc) is 3.09. The zero-order chi connectivity index (χ0) is 29.6. The zero-order valence-corrected chi connectivity index (χ0v) is 25.0. The number of fused-ring (bicyclic) bond motifs is 5. The van der Waals surface area contributed by atoms with Gasteiger partial charge >= 0.3 is 0 Å². The van der Waals surface area contributed by atoms with E-state index in [1.807, 2.05) is 0 Å². The minimum atomic E-state index is 0.0790. The minimum Gasteiger partial charge on any atom is -0.277 e. The second-order valence-electron chi connectivity index (χ2n) is 12.6. The van der Waals surface area contributed by atoms with Crippen molar-refractivity contribution in [3.8, 4) is 11.1 Å². The highest BCUT2D eigenvalue weighted by atomic mass is 14.8. The Kier molecular flexibility index (Phi) is 5.10. The van der Waals surface area contributed by atoms with Crippen molar-refractivity contribution in [3.05, 3.63) is 185 Å². The number of aliphatic imine (C=N–C) groups is 1. The molecule has 0 spiro atoms. The van der Waals surface area contributed by atoms with Gasteiger partial charge in [0, 0.05) is 11.6 Å². The Morgan fingerprint density at radius 2 is 1.22 bits per heavy atom. The van der Waals surface area contributed by atoms with Crippen LogP contribution in [0.2, 0.25) is 0 Å². The summed E-state index contributed by atoms with van der Waals surface area (Å²) in [4.78, 5) is 5.10. The van der Waals surface area contributed by atoms with Gasteiger partial charge in [-0.1, -0.05) is 134 Å². The van der Waals surface area contributed by atoms with Crippen LogP contribution in [0.25, 0.3) is 49.0 Å². The lowest BCUT2D eigenvalue weighted by molar-refractivity contribution is 0.784. The van der Waals surface area contributed by atoms with Gasteiger partial charge in [-0.2, -0.15) is 0 Å². The van der Waals surface area contributed by atoms with Gasteiger partial charge in [0.15, 0.2) is 0 Å². The smallest absolute Gasteiger partial charge is 0.101 e. The van der Waals surface area contributed by atoms with Crippen molar-refractivity contribution < 1.29 is 0 Å². The van der Waals surface area contributed by atoms with Crippen molar-refractivity contribution in [2.75, 3.05) is 0 Å². The lowest BCUT2D eigenvalue weighted by atomic mass is 9.65. The number of hydrogen-bond acceptors (Lipinski definition) is 1. The van der Waals surface area contributed by atoms with Gasteiger partial charge in [0.2, 0.25) is 0 Å². The molecule has 0 saturated carbocycles. The van der Waals surface area contributed by atoms with Gasteiger partial charge in [-0.15, -0.1) is 0 Å². The molecule has 5 aliphatic rings. The van der Waals surface area contributed by atoms with Crippen LogP contribution in [0, 0.1) is 5.92 Å². The van der Waals surface area contributed by atoms with Gasteiger partial charge in [0.1, 0.15) is 6.04 Å². The first-order valence-electron chi connectivity index (χ1n) is 15.9. The van der Waals surface area contributed by atoms with Crippen molar-refractivity contribution in [1.82, 2.24) is 0 Å². The van der Waals surface area contributed by atoms with Crippen molar-refractivity contribution in [3.63, 3.8) is 0 Å². The fraction of sp³-hybridized carbons (Fsp3) is 0.0682. The zero-order valence-electron chi connectivity index (χ0n) is 25.0. The monoisotopic (exact) mass is 571 g/mol. The summed E-state index contributed by atoms with van der Waals surface area (Å²) in [5.74, 6) is 0.208. The molecule has 1 heterocycles. The van der Waals surface area contributed by atoms with E-state index in [1.165, 1.54) is 88.0 Å². The number of nitrogens with zero attached hydrogens (tertiary/aromatic N) is 1. The van der Waals surface area contributed by atoms with Crippen LogP contribution in [-0.2, 0) is 0 Å². The lowest BCUT2D eigenvalue weighted by Crippen LogP contribution is -2.29. The second kappa shape index (κ2) is 9.24. The number of hydrogen-bond donors (Lipinski definition) is 0. The van der Waals surface area contributed by atoms with Crippen LogP contribution >= 0.6 is 0 Å². The summed E-state index contributed by atoms with van der Waals surface area (Å²) in [7, 11) is 0. The van der Waals surface area contributed by atoms with Gasteiger partial charge < -0.3 is 0 Å². The molecule has 5 aromatic rings. The fourth-order valence-electron chi connectivity index (χ4n) is 8.34. The molecule has 0 saturated heterocycles. The highest BCUT2D eigenvalue weighted by Gasteiger charge is 2.39. The third-order valence-corrected chi connectivity index (χ3v) is 10.2. The fourth-order valence-corrected chi connectivity index (χ4v) is 8.34. The van der Waals surface area contributed by atoms with Crippen LogP contribution in [0.15, 0.2) is 184 Å². The van der Waals surface area contributed by atoms with E-state index in [4.69, 9.17) is 4.99 Å². The van der Waals surface area contributed by atoms with E-state index in [0.717, 1.165) is 5.71 Å². The molecule has 45 heavy (non-hydrogen) atoms. The van der Waals surface area contributed by atoms with Crippen molar-refractivity contribution in [1.29, 1.82) is 0 Å². The van der Waals surface area contributed by atoms with E-state index < -0.39 is 0 Å². The predicted molar refractivity (Wildman–Crippen MR) is 190 cm³/mol. The average molecular weight is 572 g/mol. The molecule has 2 unspecified atom stereocenters. The first kappa shape index (κ1) is 24.9. The van der Waals surface area contributed by atoms with Gasteiger partial charge in [-0.05, 0) is 107 Å². The van der Waals surface area contributed by atoms with E-state index in [0.29, 0.717) is 0 Å². The van der Waals surface area contributed by atoms with Crippen molar-refractivity contribution in [2.24, 2.45) is 10.9 Å². The SMILES string of the molecule is CC1=NC2C(=CC3=C4C2=CC=C2C=CC(c5c6ccccc6c(-c6cccc7ccccc67)c6ccccc56)=C(C=C3)C24)C=C1. The summed E-state index contributed by atoms with van der Waals surface area (Å²) in [6.07, 6.45) is 20.9. The number of dihydropyridines is 1. The summed E-state index contributed by atoms with van der Waals surface area (Å²) < 4.78 is 0. The maximum absolute atomic E-state index is 5.10. The molecule has 210 valence electrons. The number of benzene rings is 5.